The Bertz CT molecular complexity index is 341. The normalized spacial score (nSPS) is 13.5. The molecule has 3 nitrogen and oxygen atoms in total. The van der Waals surface area contributed by atoms with Crippen molar-refractivity contribution in [3.8, 4) is 0 Å². The molecule has 0 aliphatic carbocycles. The van der Waals surface area contributed by atoms with Crippen LogP contribution in [0.5, 0.6) is 0 Å². The number of hydrogen-bond donors (Lipinski definition) is 1. The molecule has 0 aliphatic heterocycles. The van der Waals surface area contributed by atoms with Crippen molar-refractivity contribution in [2.24, 2.45) is 11.1 Å². The Morgan fingerprint density at radius 3 is 2.69 bits per heavy atom. The molecule has 3 heteroatoms. The van der Waals surface area contributed by atoms with Gasteiger partial charge in [0.15, 0.2) is 0 Å². The number of nitrogens with zero attached hydrogens (tertiary/aromatic N) is 1. The van der Waals surface area contributed by atoms with E-state index in [4.69, 9.17) is 5.73 Å². The summed E-state index contributed by atoms with van der Waals surface area (Å²) >= 11 is 0. The Kier molecular flexibility index (Phi) is 4.19. The molecule has 1 unspecified atom stereocenters. The largest absolute Gasteiger partial charge is 0.327 e. The topological polar surface area (TPSA) is 56.0 Å². The molecule has 0 amide bonds. The predicted molar refractivity (Wildman–Crippen MR) is 65.0 cm³/mol. The third-order valence-corrected chi connectivity index (χ3v) is 2.68. The van der Waals surface area contributed by atoms with Gasteiger partial charge in [-0.05, 0) is 17.0 Å². The van der Waals surface area contributed by atoms with Crippen LogP contribution in [0.15, 0.2) is 24.5 Å². The highest BCUT2D eigenvalue weighted by atomic mass is 16.1. The molecule has 1 heterocycles. The van der Waals surface area contributed by atoms with Crippen LogP contribution in [0.2, 0.25) is 0 Å². The summed E-state index contributed by atoms with van der Waals surface area (Å²) in [6.07, 6.45) is 4.28. The summed E-state index contributed by atoms with van der Waals surface area (Å²) in [5.74, 6) is 0.176. The summed E-state index contributed by atoms with van der Waals surface area (Å²) in [7, 11) is 0. The van der Waals surface area contributed by atoms with E-state index in [-0.39, 0.29) is 17.2 Å². The number of hydrogen-bond acceptors (Lipinski definition) is 3. The number of carbonyl (C=O) groups excluding carboxylic acids is 1. The van der Waals surface area contributed by atoms with E-state index in [0.717, 1.165) is 5.56 Å². The van der Waals surface area contributed by atoms with E-state index in [2.05, 4.69) is 25.8 Å². The lowest BCUT2D eigenvalue weighted by molar-refractivity contribution is -0.119. The fourth-order valence-electron chi connectivity index (χ4n) is 1.35. The third kappa shape index (κ3) is 4.11. The lowest BCUT2D eigenvalue weighted by Crippen LogP contribution is -2.37. The van der Waals surface area contributed by atoms with Crippen LogP contribution in [0, 0.1) is 5.41 Å². The molecule has 0 saturated carbocycles. The Labute approximate surface area is 97.1 Å². The Morgan fingerprint density at radius 1 is 1.50 bits per heavy atom. The first-order valence-electron chi connectivity index (χ1n) is 5.56. The van der Waals surface area contributed by atoms with E-state index >= 15 is 0 Å². The smallest absolute Gasteiger partial charge is 0.138 e. The van der Waals surface area contributed by atoms with Gasteiger partial charge in [0, 0.05) is 31.3 Å². The highest BCUT2D eigenvalue weighted by Gasteiger charge is 2.22. The highest BCUT2D eigenvalue weighted by molar-refractivity contribution is 5.81. The van der Waals surface area contributed by atoms with E-state index in [9.17, 15) is 4.79 Å². The van der Waals surface area contributed by atoms with Gasteiger partial charge in [-0.3, -0.25) is 9.78 Å². The van der Waals surface area contributed by atoms with Gasteiger partial charge in [-0.1, -0.05) is 26.8 Å². The second-order valence-electron chi connectivity index (χ2n) is 5.25. The average Bonchev–Trinajstić information content (AvgIpc) is 2.17. The van der Waals surface area contributed by atoms with E-state index in [0.29, 0.717) is 12.8 Å². The number of carbonyl (C=O) groups is 1. The fraction of sp³-hybridized carbons (Fsp3) is 0.538. The maximum absolute atomic E-state index is 11.8. The van der Waals surface area contributed by atoms with Gasteiger partial charge in [-0.2, -0.15) is 0 Å². The summed E-state index contributed by atoms with van der Waals surface area (Å²) in [5.41, 5.74) is 6.90. The lowest BCUT2D eigenvalue weighted by Gasteiger charge is -2.26. The van der Waals surface area contributed by atoms with Crippen LogP contribution in [0.3, 0.4) is 0 Å². The molecule has 88 valence electrons. The molecule has 1 aromatic rings. The summed E-state index contributed by atoms with van der Waals surface area (Å²) < 4.78 is 0. The fourth-order valence-corrected chi connectivity index (χ4v) is 1.35. The number of pyridine rings is 1. The SMILES string of the molecule is CC(C)(C)C(N)CC(=O)Cc1cccnc1. The van der Waals surface area contributed by atoms with Crippen LogP contribution in [0.4, 0.5) is 0 Å². The van der Waals surface area contributed by atoms with Crippen molar-refractivity contribution in [3.63, 3.8) is 0 Å². The maximum Gasteiger partial charge on any atom is 0.138 e. The van der Waals surface area contributed by atoms with Gasteiger partial charge in [0.1, 0.15) is 5.78 Å². The molecule has 1 atom stereocenters. The van der Waals surface area contributed by atoms with Crippen molar-refractivity contribution >= 4 is 5.78 Å². The number of rotatable bonds is 4. The van der Waals surface area contributed by atoms with Crippen molar-refractivity contribution in [3.05, 3.63) is 30.1 Å². The molecule has 0 aliphatic rings. The van der Waals surface area contributed by atoms with Gasteiger partial charge >= 0.3 is 0 Å². The molecule has 0 fully saturated rings. The van der Waals surface area contributed by atoms with Crippen molar-refractivity contribution in [1.82, 2.24) is 4.98 Å². The molecule has 2 N–H and O–H groups in total. The number of Topliss-reactive ketones (excluding diaryl/α,β-unsaturated/α-hetero) is 1. The molecule has 1 rings (SSSR count). The van der Waals surface area contributed by atoms with E-state index in [1.165, 1.54) is 0 Å². The summed E-state index contributed by atoms with van der Waals surface area (Å²) in [6, 6.07) is 3.66. The zero-order valence-electron chi connectivity index (χ0n) is 10.2. The predicted octanol–water partition coefficient (Wildman–Crippen LogP) is 1.96. The minimum absolute atomic E-state index is 0.0232. The summed E-state index contributed by atoms with van der Waals surface area (Å²) in [6.45, 7) is 6.15. The molecule has 0 bridgehead atoms. The first-order valence-corrected chi connectivity index (χ1v) is 5.56. The quantitative estimate of drug-likeness (QED) is 0.843. The molecule has 0 spiro atoms. The standard InChI is InChI=1S/C13H20N2O/c1-13(2,3)12(14)8-11(16)7-10-5-4-6-15-9-10/h4-6,9,12H,7-8,14H2,1-3H3. The first kappa shape index (κ1) is 12.8. The second-order valence-corrected chi connectivity index (χ2v) is 5.25. The van der Waals surface area contributed by atoms with Gasteiger partial charge in [-0.15, -0.1) is 0 Å². The van der Waals surface area contributed by atoms with Crippen LogP contribution in [-0.2, 0) is 11.2 Å². The second kappa shape index (κ2) is 5.21. The molecule has 1 aromatic heterocycles. The van der Waals surface area contributed by atoms with Crippen LogP contribution in [0.25, 0.3) is 0 Å². The van der Waals surface area contributed by atoms with Gasteiger partial charge in [0.25, 0.3) is 0 Å². The van der Waals surface area contributed by atoms with Gasteiger partial charge in [0.2, 0.25) is 0 Å². The zero-order valence-corrected chi connectivity index (χ0v) is 10.2. The lowest BCUT2D eigenvalue weighted by atomic mass is 9.84. The summed E-state index contributed by atoms with van der Waals surface area (Å²) in [5, 5.41) is 0. The minimum atomic E-state index is -0.0864. The molecular weight excluding hydrogens is 200 g/mol. The first-order chi connectivity index (χ1) is 7.39. The number of nitrogens with two attached hydrogens (primary N) is 1. The van der Waals surface area contributed by atoms with Crippen molar-refractivity contribution in [1.29, 1.82) is 0 Å². The minimum Gasteiger partial charge on any atom is -0.327 e. The summed E-state index contributed by atoms with van der Waals surface area (Å²) in [4.78, 5) is 15.7. The zero-order chi connectivity index (χ0) is 12.2. The molecular formula is C13H20N2O. The molecule has 16 heavy (non-hydrogen) atoms. The van der Waals surface area contributed by atoms with Crippen molar-refractivity contribution < 1.29 is 4.79 Å². The van der Waals surface area contributed by atoms with Crippen LogP contribution >= 0.6 is 0 Å². The monoisotopic (exact) mass is 220 g/mol. The highest BCUT2D eigenvalue weighted by Crippen LogP contribution is 2.20. The molecule has 0 radical (unpaired) electrons. The Morgan fingerprint density at radius 2 is 2.19 bits per heavy atom. The maximum atomic E-state index is 11.8. The Hall–Kier alpha value is -1.22. The van der Waals surface area contributed by atoms with E-state index in [1.54, 1.807) is 12.4 Å². The van der Waals surface area contributed by atoms with Crippen molar-refractivity contribution in [2.45, 2.75) is 39.7 Å². The number of aromatic nitrogens is 1. The van der Waals surface area contributed by atoms with E-state index < -0.39 is 0 Å². The molecule has 0 saturated heterocycles. The van der Waals surface area contributed by atoms with Gasteiger partial charge in [0.05, 0.1) is 0 Å². The third-order valence-electron chi connectivity index (χ3n) is 2.68. The van der Waals surface area contributed by atoms with Crippen LogP contribution in [0.1, 0.15) is 32.8 Å². The van der Waals surface area contributed by atoms with Crippen molar-refractivity contribution in [2.75, 3.05) is 0 Å². The number of ketones is 1. The van der Waals surface area contributed by atoms with Crippen LogP contribution < -0.4 is 5.73 Å². The van der Waals surface area contributed by atoms with Crippen LogP contribution in [-0.4, -0.2) is 16.8 Å². The molecule has 0 aromatic carbocycles. The van der Waals surface area contributed by atoms with E-state index in [1.807, 2.05) is 12.1 Å². The van der Waals surface area contributed by atoms with Gasteiger partial charge < -0.3 is 5.73 Å². The Balaban J connectivity index is 2.49. The average molecular weight is 220 g/mol. The van der Waals surface area contributed by atoms with Gasteiger partial charge in [-0.25, -0.2) is 0 Å².